The highest BCUT2D eigenvalue weighted by Gasteiger charge is 2.29. The SMILES string of the molecule is CCCC(C(=O)OCC)C(O)c1cc(OC)cc(OC)c1. The van der Waals surface area contributed by atoms with Crippen LogP contribution in [-0.4, -0.2) is 31.9 Å². The second kappa shape index (κ2) is 8.52. The molecule has 0 heterocycles. The average molecular weight is 296 g/mol. The molecule has 21 heavy (non-hydrogen) atoms. The summed E-state index contributed by atoms with van der Waals surface area (Å²) in [6.45, 7) is 4.01. The van der Waals surface area contributed by atoms with E-state index in [1.807, 2.05) is 6.92 Å². The highest BCUT2D eigenvalue weighted by molar-refractivity contribution is 5.73. The highest BCUT2D eigenvalue weighted by Crippen LogP contribution is 2.32. The Morgan fingerprint density at radius 1 is 1.14 bits per heavy atom. The van der Waals surface area contributed by atoms with Gasteiger partial charge in [-0.2, -0.15) is 0 Å². The van der Waals surface area contributed by atoms with Gasteiger partial charge >= 0.3 is 5.97 Å². The van der Waals surface area contributed by atoms with Crippen LogP contribution in [0.1, 0.15) is 38.4 Å². The lowest BCUT2D eigenvalue weighted by molar-refractivity contribution is -0.152. The number of hydrogen-bond donors (Lipinski definition) is 1. The van der Waals surface area contributed by atoms with Crippen molar-refractivity contribution in [2.45, 2.75) is 32.8 Å². The third-order valence-corrected chi connectivity index (χ3v) is 3.29. The van der Waals surface area contributed by atoms with E-state index in [1.54, 1.807) is 39.3 Å². The molecule has 0 fully saturated rings. The minimum Gasteiger partial charge on any atom is -0.497 e. The Hall–Kier alpha value is -1.75. The fourth-order valence-corrected chi connectivity index (χ4v) is 2.20. The van der Waals surface area contributed by atoms with Gasteiger partial charge < -0.3 is 19.3 Å². The number of carbonyl (C=O) groups excluding carboxylic acids is 1. The Labute approximate surface area is 125 Å². The second-order valence-electron chi connectivity index (χ2n) is 4.74. The van der Waals surface area contributed by atoms with Crippen molar-refractivity contribution < 1.29 is 24.1 Å². The van der Waals surface area contributed by atoms with Gasteiger partial charge in [-0.05, 0) is 31.0 Å². The summed E-state index contributed by atoms with van der Waals surface area (Å²) in [6.07, 6.45) is 0.384. The first-order valence-electron chi connectivity index (χ1n) is 7.15. The number of methoxy groups -OCH3 is 2. The zero-order chi connectivity index (χ0) is 15.8. The van der Waals surface area contributed by atoms with E-state index in [2.05, 4.69) is 0 Å². The van der Waals surface area contributed by atoms with Gasteiger partial charge in [0.15, 0.2) is 0 Å². The van der Waals surface area contributed by atoms with Crippen LogP contribution >= 0.6 is 0 Å². The number of esters is 1. The average Bonchev–Trinajstić information content (AvgIpc) is 2.51. The maximum atomic E-state index is 12.0. The Bertz CT molecular complexity index is 436. The van der Waals surface area contributed by atoms with Crippen LogP contribution in [0, 0.1) is 5.92 Å². The number of ether oxygens (including phenoxy) is 3. The van der Waals surface area contributed by atoms with Crippen molar-refractivity contribution in [2.75, 3.05) is 20.8 Å². The lowest BCUT2D eigenvalue weighted by Gasteiger charge is -2.22. The quantitative estimate of drug-likeness (QED) is 0.747. The lowest BCUT2D eigenvalue weighted by atomic mass is 9.91. The van der Waals surface area contributed by atoms with Gasteiger partial charge in [-0.3, -0.25) is 4.79 Å². The molecule has 2 atom stereocenters. The van der Waals surface area contributed by atoms with E-state index >= 15 is 0 Å². The minimum atomic E-state index is -0.951. The largest absolute Gasteiger partial charge is 0.497 e. The molecule has 0 bridgehead atoms. The van der Waals surface area contributed by atoms with Crippen LogP contribution in [0.15, 0.2) is 18.2 Å². The third-order valence-electron chi connectivity index (χ3n) is 3.29. The summed E-state index contributed by atoms with van der Waals surface area (Å²) in [7, 11) is 3.08. The summed E-state index contributed by atoms with van der Waals surface area (Å²) in [4.78, 5) is 12.0. The maximum absolute atomic E-state index is 12.0. The Morgan fingerprint density at radius 3 is 2.14 bits per heavy atom. The molecule has 5 nitrogen and oxygen atoms in total. The lowest BCUT2D eigenvalue weighted by Crippen LogP contribution is -2.24. The fourth-order valence-electron chi connectivity index (χ4n) is 2.20. The molecule has 0 spiro atoms. The van der Waals surface area contributed by atoms with Crippen LogP contribution < -0.4 is 9.47 Å². The molecule has 0 aliphatic rings. The van der Waals surface area contributed by atoms with E-state index in [-0.39, 0.29) is 5.97 Å². The molecule has 5 heteroatoms. The van der Waals surface area contributed by atoms with E-state index in [0.717, 1.165) is 6.42 Å². The molecule has 118 valence electrons. The van der Waals surface area contributed by atoms with Crippen LogP contribution in [0.2, 0.25) is 0 Å². The molecule has 0 aliphatic heterocycles. The van der Waals surface area contributed by atoms with Gasteiger partial charge in [0.25, 0.3) is 0 Å². The van der Waals surface area contributed by atoms with Gasteiger partial charge in [0, 0.05) is 6.07 Å². The van der Waals surface area contributed by atoms with Gasteiger partial charge in [-0.1, -0.05) is 13.3 Å². The van der Waals surface area contributed by atoms with Crippen LogP contribution in [0.25, 0.3) is 0 Å². The zero-order valence-corrected chi connectivity index (χ0v) is 13.1. The van der Waals surface area contributed by atoms with Gasteiger partial charge in [-0.15, -0.1) is 0 Å². The molecule has 1 N–H and O–H groups in total. The molecule has 0 saturated heterocycles. The summed E-state index contributed by atoms with van der Waals surface area (Å²) in [6, 6.07) is 5.12. The number of hydrogen-bond acceptors (Lipinski definition) is 5. The van der Waals surface area contributed by atoms with E-state index in [4.69, 9.17) is 14.2 Å². The predicted octanol–water partition coefficient (Wildman–Crippen LogP) is 2.72. The molecule has 1 aromatic carbocycles. The standard InChI is InChI=1S/C16H24O5/c1-5-7-14(16(18)21-6-2)15(17)11-8-12(19-3)10-13(9-11)20-4/h8-10,14-15,17H,5-7H2,1-4H3. The summed E-state index contributed by atoms with van der Waals surface area (Å²) >= 11 is 0. The molecule has 1 rings (SSSR count). The predicted molar refractivity (Wildman–Crippen MR) is 79.5 cm³/mol. The summed E-state index contributed by atoms with van der Waals surface area (Å²) in [5, 5.41) is 10.5. The van der Waals surface area contributed by atoms with Crippen molar-refractivity contribution in [3.05, 3.63) is 23.8 Å². The van der Waals surface area contributed by atoms with E-state index in [9.17, 15) is 9.90 Å². The fraction of sp³-hybridized carbons (Fsp3) is 0.562. The van der Waals surface area contributed by atoms with Gasteiger partial charge in [0.1, 0.15) is 11.5 Å². The minimum absolute atomic E-state index is 0.299. The number of carbonyl (C=O) groups is 1. The smallest absolute Gasteiger partial charge is 0.311 e. The van der Waals surface area contributed by atoms with Crippen molar-refractivity contribution in [1.29, 1.82) is 0 Å². The first kappa shape index (κ1) is 17.3. The molecule has 0 aliphatic carbocycles. The van der Waals surface area contributed by atoms with Crippen LogP contribution in [0.3, 0.4) is 0 Å². The normalized spacial score (nSPS) is 13.4. The molecule has 0 saturated carbocycles. The van der Waals surface area contributed by atoms with Crippen LogP contribution in [0.5, 0.6) is 11.5 Å². The Kier molecular flexibility index (Phi) is 7.02. The van der Waals surface area contributed by atoms with Crippen molar-refractivity contribution in [3.8, 4) is 11.5 Å². The van der Waals surface area contributed by atoms with E-state index < -0.39 is 12.0 Å². The Morgan fingerprint density at radius 2 is 1.71 bits per heavy atom. The highest BCUT2D eigenvalue weighted by atomic mass is 16.5. The van der Waals surface area contributed by atoms with Gasteiger partial charge in [-0.25, -0.2) is 0 Å². The van der Waals surface area contributed by atoms with Crippen LogP contribution in [-0.2, 0) is 9.53 Å². The topological polar surface area (TPSA) is 65.0 Å². The second-order valence-corrected chi connectivity index (χ2v) is 4.74. The molecular formula is C16H24O5. The molecule has 0 radical (unpaired) electrons. The van der Waals surface area contributed by atoms with Crippen molar-refractivity contribution >= 4 is 5.97 Å². The molecular weight excluding hydrogens is 272 g/mol. The first-order valence-corrected chi connectivity index (χ1v) is 7.15. The Balaban J connectivity index is 3.07. The van der Waals surface area contributed by atoms with Crippen molar-refractivity contribution in [2.24, 2.45) is 5.92 Å². The number of aliphatic hydroxyl groups is 1. The third kappa shape index (κ3) is 4.63. The van der Waals surface area contributed by atoms with Gasteiger partial charge in [0.05, 0.1) is 32.8 Å². The van der Waals surface area contributed by atoms with Gasteiger partial charge in [0.2, 0.25) is 0 Å². The number of aliphatic hydroxyl groups excluding tert-OH is 1. The zero-order valence-electron chi connectivity index (χ0n) is 13.1. The molecule has 0 aromatic heterocycles. The summed E-state index contributed by atoms with van der Waals surface area (Å²) < 4.78 is 15.4. The first-order chi connectivity index (χ1) is 10.1. The van der Waals surface area contributed by atoms with E-state index in [1.165, 1.54) is 0 Å². The molecule has 1 aromatic rings. The molecule has 0 amide bonds. The summed E-state index contributed by atoms with van der Waals surface area (Å²) in [5.74, 6) is 0.172. The molecule has 2 unspecified atom stereocenters. The van der Waals surface area contributed by atoms with Crippen LogP contribution in [0.4, 0.5) is 0 Å². The van der Waals surface area contributed by atoms with Crippen molar-refractivity contribution in [3.63, 3.8) is 0 Å². The monoisotopic (exact) mass is 296 g/mol. The number of benzene rings is 1. The summed E-state index contributed by atoms with van der Waals surface area (Å²) in [5.41, 5.74) is 0.581. The van der Waals surface area contributed by atoms with Crippen molar-refractivity contribution in [1.82, 2.24) is 0 Å². The van der Waals surface area contributed by atoms with E-state index in [0.29, 0.717) is 30.1 Å². The number of rotatable bonds is 8. The maximum Gasteiger partial charge on any atom is 0.311 e.